The van der Waals surface area contributed by atoms with E-state index in [4.69, 9.17) is 20.8 Å². The molecular weight excluding hydrogens is 421 g/mol. The average molecular weight is 444 g/mol. The molecule has 31 heavy (non-hydrogen) atoms. The van der Waals surface area contributed by atoms with E-state index < -0.39 is 17.8 Å². The Hall–Kier alpha value is -2.70. The normalized spacial score (nSPS) is 15.9. The Balaban J connectivity index is 1.86. The van der Waals surface area contributed by atoms with Crippen molar-refractivity contribution in [2.24, 2.45) is 0 Å². The van der Waals surface area contributed by atoms with E-state index in [9.17, 15) is 14.0 Å². The highest BCUT2D eigenvalue weighted by Crippen LogP contribution is 2.39. The maximum atomic E-state index is 14.8. The topological polar surface area (TPSA) is 59.8 Å². The van der Waals surface area contributed by atoms with Gasteiger partial charge in [0, 0.05) is 23.7 Å². The number of amides is 1. The lowest BCUT2D eigenvalue weighted by Gasteiger charge is -2.25. The number of hydrogen-bond donors (Lipinski definition) is 0. The monoisotopic (exact) mass is 443 g/mol. The van der Waals surface area contributed by atoms with E-state index in [0.29, 0.717) is 24.6 Å². The van der Waals surface area contributed by atoms with Crippen LogP contribution in [-0.4, -0.2) is 30.1 Å². The number of benzene rings is 2. The zero-order chi connectivity index (χ0) is 22.3. The molecule has 1 aliphatic rings. The predicted molar refractivity (Wildman–Crippen MR) is 117 cm³/mol. The Morgan fingerprint density at radius 3 is 2.68 bits per heavy atom. The third kappa shape index (κ3) is 3.86. The molecule has 1 aromatic heterocycles. The van der Waals surface area contributed by atoms with Crippen LogP contribution in [0.2, 0.25) is 5.02 Å². The van der Waals surface area contributed by atoms with Gasteiger partial charge in [0.25, 0.3) is 5.91 Å². The third-order valence-electron chi connectivity index (χ3n) is 5.44. The molecule has 162 valence electrons. The number of halogens is 2. The van der Waals surface area contributed by atoms with Gasteiger partial charge in [0.15, 0.2) is 5.43 Å². The van der Waals surface area contributed by atoms with Crippen LogP contribution in [0.3, 0.4) is 0 Å². The molecular formula is C24H23ClFNO4. The molecule has 0 spiro atoms. The van der Waals surface area contributed by atoms with Crippen molar-refractivity contribution in [2.45, 2.75) is 39.3 Å². The van der Waals surface area contributed by atoms with Crippen molar-refractivity contribution in [2.75, 3.05) is 13.2 Å². The molecule has 1 amide bonds. The molecule has 1 aliphatic heterocycles. The van der Waals surface area contributed by atoms with Crippen molar-refractivity contribution in [1.29, 1.82) is 0 Å². The van der Waals surface area contributed by atoms with Crippen molar-refractivity contribution in [3.63, 3.8) is 0 Å². The molecule has 3 aromatic rings. The first-order valence-electron chi connectivity index (χ1n) is 10.2. The lowest BCUT2D eigenvalue weighted by Crippen LogP contribution is -2.32. The van der Waals surface area contributed by atoms with Crippen LogP contribution in [0.5, 0.6) is 0 Å². The van der Waals surface area contributed by atoms with Gasteiger partial charge in [-0.2, -0.15) is 0 Å². The van der Waals surface area contributed by atoms with E-state index >= 15 is 0 Å². The van der Waals surface area contributed by atoms with Crippen LogP contribution in [-0.2, 0) is 4.74 Å². The molecule has 5 nitrogen and oxygen atoms in total. The summed E-state index contributed by atoms with van der Waals surface area (Å²) >= 11 is 6.22. The number of aryl methyl sites for hydroxylation is 1. The Bertz CT molecular complexity index is 1220. The second-order valence-electron chi connectivity index (χ2n) is 7.97. The van der Waals surface area contributed by atoms with Crippen molar-refractivity contribution in [3.05, 3.63) is 79.9 Å². The van der Waals surface area contributed by atoms with E-state index in [1.807, 2.05) is 13.8 Å². The zero-order valence-electron chi connectivity index (χ0n) is 17.6. The number of hydrogen-bond acceptors (Lipinski definition) is 4. The summed E-state index contributed by atoms with van der Waals surface area (Å²) in [6.07, 6.45) is 0.608. The smallest absolute Gasteiger partial charge is 0.290 e. The Kier molecular flexibility index (Phi) is 5.86. The van der Waals surface area contributed by atoms with E-state index in [1.54, 1.807) is 37.3 Å². The van der Waals surface area contributed by atoms with Gasteiger partial charge in [-0.3, -0.25) is 9.59 Å². The quantitative estimate of drug-likeness (QED) is 0.488. The number of fused-ring (bicyclic) bond motifs is 2. The molecule has 1 atom stereocenters. The van der Waals surface area contributed by atoms with Crippen LogP contribution in [0.15, 0.2) is 45.6 Å². The van der Waals surface area contributed by atoms with Crippen molar-refractivity contribution >= 4 is 28.5 Å². The molecule has 4 rings (SSSR count). The molecule has 0 saturated carbocycles. The van der Waals surface area contributed by atoms with E-state index in [0.717, 1.165) is 5.56 Å². The van der Waals surface area contributed by atoms with E-state index in [-0.39, 0.29) is 39.4 Å². The molecule has 2 aromatic carbocycles. The second kappa shape index (κ2) is 8.44. The van der Waals surface area contributed by atoms with Crippen LogP contribution in [0.1, 0.15) is 53.6 Å². The standard InChI is InChI=1S/C24H23ClFNO4/c1-13(2)30-10-6-9-27-21(15-7-4-5-8-18(15)26)20-22(28)16-12-17(25)14(3)11-19(16)31-23(20)24(27)29/h4-5,7-8,11-13,21H,6,9-10H2,1-3H3. The van der Waals surface area contributed by atoms with Gasteiger partial charge >= 0.3 is 0 Å². The number of ether oxygens (including phenoxy) is 1. The van der Waals surface area contributed by atoms with Gasteiger partial charge in [-0.05, 0) is 51.0 Å². The number of carbonyl (C=O) groups excluding carboxylic acids is 1. The average Bonchev–Trinajstić information content (AvgIpc) is 2.99. The molecule has 0 saturated heterocycles. The second-order valence-corrected chi connectivity index (χ2v) is 8.37. The van der Waals surface area contributed by atoms with Crippen LogP contribution in [0.4, 0.5) is 4.39 Å². The molecule has 0 N–H and O–H groups in total. The molecule has 7 heteroatoms. The fourth-order valence-electron chi connectivity index (χ4n) is 3.95. The molecule has 1 unspecified atom stereocenters. The highest BCUT2D eigenvalue weighted by molar-refractivity contribution is 6.32. The number of carbonyl (C=O) groups is 1. The predicted octanol–water partition coefficient (Wildman–Crippen LogP) is 5.25. The molecule has 0 aliphatic carbocycles. The van der Waals surface area contributed by atoms with Gasteiger partial charge in [-0.15, -0.1) is 0 Å². The summed E-state index contributed by atoms with van der Waals surface area (Å²) in [5, 5.41) is 0.697. The molecule has 0 fully saturated rings. The highest BCUT2D eigenvalue weighted by Gasteiger charge is 2.43. The first kappa shape index (κ1) is 21.5. The number of rotatable bonds is 6. The zero-order valence-corrected chi connectivity index (χ0v) is 18.3. The summed E-state index contributed by atoms with van der Waals surface area (Å²) < 4.78 is 26.3. The van der Waals surface area contributed by atoms with E-state index in [1.165, 1.54) is 11.0 Å². The molecule has 2 heterocycles. The van der Waals surface area contributed by atoms with Gasteiger partial charge in [0.2, 0.25) is 5.76 Å². The van der Waals surface area contributed by atoms with Crippen molar-refractivity contribution in [3.8, 4) is 0 Å². The number of nitrogens with zero attached hydrogens (tertiary/aromatic N) is 1. The minimum Gasteiger partial charge on any atom is -0.450 e. The fourth-order valence-corrected chi connectivity index (χ4v) is 4.11. The first-order valence-corrected chi connectivity index (χ1v) is 10.6. The summed E-state index contributed by atoms with van der Waals surface area (Å²) in [7, 11) is 0. The van der Waals surface area contributed by atoms with Gasteiger partial charge in [0.1, 0.15) is 11.4 Å². The summed E-state index contributed by atoms with van der Waals surface area (Å²) in [6, 6.07) is 8.48. The fraction of sp³-hybridized carbons (Fsp3) is 0.333. The van der Waals surface area contributed by atoms with Crippen LogP contribution < -0.4 is 5.43 Å². The Morgan fingerprint density at radius 2 is 1.97 bits per heavy atom. The minimum absolute atomic E-state index is 0.0442. The van der Waals surface area contributed by atoms with Crippen LogP contribution in [0, 0.1) is 12.7 Å². The largest absolute Gasteiger partial charge is 0.450 e. The summed E-state index contributed by atoms with van der Waals surface area (Å²) in [4.78, 5) is 28.2. The van der Waals surface area contributed by atoms with Gasteiger partial charge in [-0.25, -0.2) is 4.39 Å². The Morgan fingerprint density at radius 1 is 1.23 bits per heavy atom. The van der Waals surface area contributed by atoms with Crippen molar-refractivity contribution < 1.29 is 18.3 Å². The van der Waals surface area contributed by atoms with Crippen LogP contribution >= 0.6 is 11.6 Å². The molecule has 0 radical (unpaired) electrons. The maximum Gasteiger partial charge on any atom is 0.290 e. The highest BCUT2D eigenvalue weighted by atomic mass is 35.5. The first-order chi connectivity index (χ1) is 14.8. The third-order valence-corrected chi connectivity index (χ3v) is 5.85. The van der Waals surface area contributed by atoms with Crippen LogP contribution in [0.25, 0.3) is 11.0 Å². The van der Waals surface area contributed by atoms with Gasteiger partial charge in [0.05, 0.1) is 23.1 Å². The summed E-state index contributed by atoms with van der Waals surface area (Å²) in [5.41, 5.74) is 1.05. The lowest BCUT2D eigenvalue weighted by molar-refractivity contribution is 0.0592. The van der Waals surface area contributed by atoms with Crippen molar-refractivity contribution in [1.82, 2.24) is 4.90 Å². The van der Waals surface area contributed by atoms with E-state index in [2.05, 4.69) is 0 Å². The minimum atomic E-state index is -0.872. The SMILES string of the molecule is Cc1cc2oc3c(c(=O)c2cc1Cl)C(c1ccccc1F)N(CCCOC(C)C)C3=O. The maximum absolute atomic E-state index is 14.8. The lowest BCUT2D eigenvalue weighted by atomic mass is 9.97. The Labute approximate surface area is 184 Å². The van der Waals surface area contributed by atoms with Gasteiger partial charge < -0.3 is 14.1 Å². The van der Waals surface area contributed by atoms with Gasteiger partial charge in [-0.1, -0.05) is 29.8 Å². The molecule has 0 bridgehead atoms. The summed E-state index contributed by atoms with van der Waals surface area (Å²) in [5.74, 6) is -0.963. The summed E-state index contributed by atoms with van der Waals surface area (Å²) in [6.45, 7) is 6.39.